The minimum Gasteiger partial charge on any atom is -0.508 e. The van der Waals surface area contributed by atoms with Gasteiger partial charge >= 0.3 is 0 Å². The first-order chi connectivity index (χ1) is 8.09. The zero-order valence-electron chi connectivity index (χ0n) is 13.1. The first-order valence-electron chi connectivity index (χ1n) is 6.54. The Bertz CT molecular complexity index is 446. The van der Waals surface area contributed by atoms with Crippen LogP contribution in [0.2, 0.25) is 2.82 Å². The van der Waals surface area contributed by atoms with Gasteiger partial charge in [-0.05, 0) is 30.6 Å². The van der Waals surface area contributed by atoms with E-state index in [4.69, 9.17) is 11.0 Å². The minimum atomic E-state index is -2.41. The van der Waals surface area contributed by atoms with E-state index in [1.165, 1.54) is 0 Å². The van der Waals surface area contributed by atoms with Crippen LogP contribution >= 0.6 is 0 Å². The number of aromatic hydroxyl groups is 1. The van der Waals surface area contributed by atoms with Crippen molar-refractivity contribution in [1.29, 1.82) is 0 Å². The van der Waals surface area contributed by atoms with Crippen molar-refractivity contribution < 1.29 is 16.2 Å². The van der Waals surface area contributed by atoms with Crippen LogP contribution in [0.5, 0.6) is 5.75 Å². The van der Waals surface area contributed by atoms with Gasteiger partial charge in [0.25, 0.3) is 0 Å². The van der Waals surface area contributed by atoms with Gasteiger partial charge in [0.2, 0.25) is 0 Å². The van der Waals surface area contributed by atoms with Crippen molar-refractivity contribution in [2.75, 3.05) is 6.54 Å². The molecule has 0 amide bonds. The minimum absolute atomic E-state index is 0.0545. The lowest BCUT2D eigenvalue weighted by atomic mass is 10.1. The molecule has 3 N–H and O–H groups in total. The lowest BCUT2D eigenvalue weighted by Gasteiger charge is -1.96. The Morgan fingerprint density at radius 1 is 1.60 bits per heavy atom. The van der Waals surface area contributed by atoms with E-state index in [0.29, 0.717) is 0 Å². The van der Waals surface area contributed by atoms with Crippen molar-refractivity contribution >= 4 is 0 Å². The third-order valence-electron chi connectivity index (χ3n) is 0.868. The molecule has 0 aliphatic heterocycles. The van der Waals surface area contributed by atoms with Crippen molar-refractivity contribution in [3.05, 3.63) is 29.7 Å². The van der Waals surface area contributed by atoms with Crippen LogP contribution in [0.25, 0.3) is 0 Å². The summed E-state index contributed by atoms with van der Waals surface area (Å²) in [5.41, 5.74) is -0.515. The number of rotatable bonds is 3. The molecule has 2 nitrogen and oxygen atoms in total. The molecule has 0 heterocycles. The van der Waals surface area contributed by atoms with Gasteiger partial charge in [0.05, 0.1) is 5.48 Å². The predicted octanol–water partition coefficient (Wildman–Crippen LogP) is 0.893. The molecule has 1 aromatic rings. The van der Waals surface area contributed by atoms with Crippen LogP contribution in [0.1, 0.15) is 13.8 Å². The number of phenols is 1. The van der Waals surface area contributed by atoms with Crippen molar-refractivity contribution in [3.8, 4) is 5.75 Å². The summed E-state index contributed by atoms with van der Waals surface area (Å²) in [6, 6.07) is -2.89. The van der Waals surface area contributed by atoms with Gasteiger partial charge in [0.15, 0.2) is 0 Å². The fraction of sp³-hybridized carbons (Fsp3) is 0.250. The summed E-state index contributed by atoms with van der Waals surface area (Å²) >= 11 is 0. The summed E-state index contributed by atoms with van der Waals surface area (Å²) in [7, 11) is 0. The standard InChI is InChI=1S/C8H11NO/c9-6-5-7-1-3-8(10)4-2-7/h1-4,10H,5-6,9H2/i1D,2D,3D,4D,5D2/hD2. The van der Waals surface area contributed by atoms with Crippen LogP contribution in [-0.4, -0.2) is 11.7 Å². The molecule has 0 fully saturated rings. The summed E-state index contributed by atoms with van der Waals surface area (Å²) in [5, 5.41) is 9.32. The lowest BCUT2D eigenvalue weighted by molar-refractivity contribution is 0.475. The lowest BCUT2D eigenvalue weighted by Crippen LogP contribution is -2.01. The fourth-order valence-electron chi connectivity index (χ4n) is 0.473. The Morgan fingerprint density at radius 2 is 2.30 bits per heavy atom. The zero-order valence-corrected chi connectivity index (χ0v) is 5.10. The summed E-state index contributed by atoms with van der Waals surface area (Å²) in [6.45, 7) is -0.742. The predicted molar refractivity (Wildman–Crippen MR) is 40.9 cm³/mol. The Kier molecular flexibility index (Phi) is 0.640. The molecule has 10 heavy (non-hydrogen) atoms. The van der Waals surface area contributed by atoms with Crippen LogP contribution < -0.4 is 5.72 Å². The van der Waals surface area contributed by atoms with Crippen LogP contribution in [0, 0.1) is 0 Å². The Balaban J connectivity index is 3.50. The second-order valence-electron chi connectivity index (χ2n) is 1.56. The van der Waals surface area contributed by atoms with Gasteiger partial charge in [-0.2, -0.15) is 0 Å². The van der Waals surface area contributed by atoms with E-state index >= 15 is 0 Å². The van der Waals surface area contributed by atoms with Crippen molar-refractivity contribution in [2.24, 2.45) is 5.72 Å². The van der Waals surface area contributed by atoms with Crippen molar-refractivity contribution in [3.63, 3.8) is 0 Å². The highest BCUT2D eigenvalue weighted by molar-refractivity contribution is 5.25. The molecular weight excluding hydrogens is 126 g/mol. The molecule has 0 saturated carbocycles. The number of hydrogen-bond donors (Lipinski definition) is 2. The molecule has 0 aliphatic rings. The molecule has 0 radical (unpaired) electrons. The van der Waals surface area contributed by atoms with Gasteiger partial charge in [-0.1, -0.05) is 12.1 Å². The van der Waals surface area contributed by atoms with Gasteiger partial charge < -0.3 is 10.8 Å². The van der Waals surface area contributed by atoms with Gasteiger partial charge in [-0.3, -0.25) is 0 Å². The maximum Gasteiger partial charge on any atom is 0.118 e. The Hall–Kier alpha value is -1.02. The maximum atomic E-state index is 9.32. The van der Waals surface area contributed by atoms with Crippen molar-refractivity contribution in [1.82, 2.24) is 0 Å². The zero-order chi connectivity index (χ0) is 14.2. The Labute approximate surface area is 71.7 Å². The summed E-state index contributed by atoms with van der Waals surface area (Å²) in [5.74, 6) is -0.849. The van der Waals surface area contributed by atoms with E-state index in [9.17, 15) is 5.11 Å². The first-order valence-corrected chi connectivity index (χ1v) is 2.64. The van der Waals surface area contributed by atoms with Crippen molar-refractivity contribution in [2.45, 2.75) is 6.37 Å². The molecule has 2 heteroatoms. The van der Waals surface area contributed by atoms with E-state index in [1.807, 2.05) is 0 Å². The van der Waals surface area contributed by atoms with Crippen LogP contribution in [0.3, 0.4) is 0 Å². The molecular formula is C8H11NO. The van der Waals surface area contributed by atoms with E-state index in [2.05, 4.69) is 0 Å². The smallest absolute Gasteiger partial charge is 0.118 e. The van der Waals surface area contributed by atoms with Gasteiger partial charge in [-0.15, -0.1) is 0 Å². The molecule has 0 bridgehead atoms. The number of hydrogen-bond acceptors (Lipinski definition) is 2. The maximum absolute atomic E-state index is 9.32. The van der Waals surface area contributed by atoms with Crippen LogP contribution in [0.15, 0.2) is 24.2 Å². The van der Waals surface area contributed by atoms with Gasteiger partial charge in [0, 0.05) is 2.74 Å². The van der Waals surface area contributed by atoms with E-state index in [-0.39, 0.29) is 5.72 Å². The first kappa shape index (κ1) is 1.98. The topological polar surface area (TPSA) is 46.2 Å². The quantitative estimate of drug-likeness (QED) is 0.663. The number of nitrogens with two attached hydrogens (primary N) is 1. The summed E-state index contributed by atoms with van der Waals surface area (Å²) in [4.78, 5) is 0. The average Bonchev–Trinajstić information content (AvgIpc) is 2.21. The van der Waals surface area contributed by atoms with Crippen LogP contribution in [-0.2, 0) is 6.37 Å². The molecule has 0 saturated heterocycles. The van der Waals surface area contributed by atoms with Gasteiger partial charge in [-0.25, -0.2) is 0 Å². The fourth-order valence-corrected chi connectivity index (χ4v) is 0.473. The van der Waals surface area contributed by atoms with Crippen LogP contribution in [0.4, 0.5) is 0 Å². The SMILES string of the molecule is [2H]c1c([2H])c(C([2H])([2H])CN([2H])[2H])c([2H])c([2H])c1O. The normalized spacial score (nSPS) is 22.9. The van der Waals surface area contributed by atoms with E-state index in [1.54, 1.807) is 0 Å². The van der Waals surface area contributed by atoms with E-state index < -0.39 is 48.4 Å². The highest BCUT2D eigenvalue weighted by atomic mass is 16.3. The Morgan fingerprint density at radius 3 is 2.90 bits per heavy atom. The number of phenolic OH excluding ortho intramolecular Hbond substituents is 1. The molecule has 0 unspecified atom stereocenters. The summed E-state index contributed by atoms with van der Waals surface area (Å²) in [6.07, 6.45) is -2.41. The number of benzene rings is 1. The monoisotopic (exact) mass is 145 g/mol. The molecule has 1 aromatic carbocycles. The highest BCUT2D eigenvalue weighted by Gasteiger charge is 1.89. The second kappa shape index (κ2) is 3.22. The molecule has 54 valence electrons. The van der Waals surface area contributed by atoms with Gasteiger partial charge in [0.1, 0.15) is 8.57 Å². The average molecular weight is 145 g/mol. The summed E-state index contributed by atoms with van der Waals surface area (Å²) < 4.78 is 58.8. The third-order valence-corrected chi connectivity index (χ3v) is 0.868. The molecule has 1 rings (SSSR count). The molecule has 0 aliphatic carbocycles. The van der Waals surface area contributed by atoms with E-state index in [0.717, 1.165) is 0 Å². The molecule has 0 atom stereocenters. The molecule has 0 aromatic heterocycles. The molecule has 0 spiro atoms. The largest absolute Gasteiger partial charge is 0.508 e. The highest BCUT2D eigenvalue weighted by Crippen LogP contribution is 2.09. The third kappa shape index (κ3) is 1.74. The second-order valence-corrected chi connectivity index (χ2v) is 1.56.